The number of hydrazine groups is 1. The van der Waals surface area contributed by atoms with Gasteiger partial charge in [0, 0.05) is 20.3 Å². The normalized spacial score (nSPS) is 12.3. The van der Waals surface area contributed by atoms with Gasteiger partial charge in [-0.1, -0.05) is 12.1 Å². The van der Waals surface area contributed by atoms with Crippen LogP contribution in [0.2, 0.25) is 0 Å². The molecule has 0 bridgehead atoms. The molecule has 3 N–H and O–H groups in total. The van der Waals surface area contributed by atoms with Gasteiger partial charge in [0.2, 0.25) is 0 Å². The van der Waals surface area contributed by atoms with Crippen molar-refractivity contribution >= 4 is 34.4 Å². The summed E-state index contributed by atoms with van der Waals surface area (Å²) < 4.78 is 14.1. The van der Waals surface area contributed by atoms with Gasteiger partial charge in [-0.25, -0.2) is 4.39 Å². The number of hydrogen-bond acceptors (Lipinski definition) is 3. The molecule has 2 aromatic carbocycles. The zero-order valence-corrected chi connectivity index (χ0v) is 13.8. The topological polar surface area (TPSA) is 38.0 Å². The molecule has 0 aliphatic heterocycles. The van der Waals surface area contributed by atoms with Crippen LogP contribution in [-0.4, -0.2) is 11.8 Å². The van der Waals surface area contributed by atoms with Crippen LogP contribution in [0.15, 0.2) is 53.4 Å². The Morgan fingerprint density at radius 2 is 1.75 bits per heavy atom. The van der Waals surface area contributed by atoms with E-state index in [1.807, 2.05) is 0 Å². The second kappa shape index (κ2) is 7.97. The average molecular weight is 402 g/mol. The molecule has 0 radical (unpaired) electrons. The Kier molecular flexibility index (Phi) is 6.28. The zero-order chi connectivity index (χ0) is 14.4. The number of thioether (sulfide) groups is 1. The highest BCUT2D eigenvalue weighted by Crippen LogP contribution is 2.20. The van der Waals surface area contributed by atoms with Crippen molar-refractivity contribution in [2.24, 2.45) is 5.84 Å². The maximum absolute atomic E-state index is 12.8. The summed E-state index contributed by atoms with van der Waals surface area (Å²) in [6, 6.07) is 15.1. The molecule has 2 nitrogen and oxygen atoms in total. The predicted molar refractivity (Wildman–Crippen MR) is 91.1 cm³/mol. The van der Waals surface area contributed by atoms with Gasteiger partial charge >= 0.3 is 0 Å². The Bertz CT molecular complexity index is 531. The molecule has 0 saturated heterocycles. The first kappa shape index (κ1) is 15.8. The summed E-state index contributed by atoms with van der Waals surface area (Å²) in [4.78, 5) is 1.05. The molecule has 0 heterocycles. The van der Waals surface area contributed by atoms with Crippen molar-refractivity contribution < 1.29 is 4.39 Å². The van der Waals surface area contributed by atoms with Crippen molar-refractivity contribution in [2.75, 3.05) is 5.75 Å². The summed E-state index contributed by atoms with van der Waals surface area (Å²) in [6.07, 6.45) is 0.877. The monoisotopic (exact) mass is 402 g/mol. The number of halogens is 2. The molecular formula is C15H16FIN2S. The zero-order valence-electron chi connectivity index (χ0n) is 10.9. The van der Waals surface area contributed by atoms with Gasteiger partial charge in [0.15, 0.2) is 0 Å². The van der Waals surface area contributed by atoms with E-state index in [0.29, 0.717) is 0 Å². The van der Waals surface area contributed by atoms with Crippen LogP contribution in [0.3, 0.4) is 0 Å². The van der Waals surface area contributed by atoms with Crippen LogP contribution >= 0.6 is 34.4 Å². The molecule has 1 unspecified atom stereocenters. The molecule has 0 fully saturated rings. The summed E-state index contributed by atoms with van der Waals surface area (Å²) in [6.45, 7) is 0. The number of nitrogens with two attached hydrogens (primary N) is 1. The van der Waals surface area contributed by atoms with Crippen LogP contribution in [0.1, 0.15) is 5.56 Å². The largest absolute Gasteiger partial charge is 0.271 e. The minimum Gasteiger partial charge on any atom is -0.271 e. The minimum atomic E-state index is -0.207. The van der Waals surface area contributed by atoms with Gasteiger partial charge in [-0.15, -0.1) is 11.8 Å². The van der Waals surface area contributed by atoms with E-state index < -0.39 is 0 Å². The molecule has 0 spiro atoms. The first-order chi connectivity index (χ1) is 9.67. The molecule has 106 valence electrons. The van der Waals surface area contributed by atoms with Crippen molar-refractivity contribution in [3.8, 4) is 0 Å². The van der Waals surface area contributed by atoms with E-state index in [9.17, 15) is 4.39 Å². The lowest BCUT2D eigenvalue weighted by Gasteiger charge is -2.15. The van der Waals surface area contributed by atoms with Crippen LogP contribution in [0.5, 0.6) is 0 Å². The van der Waals surface area contributed by atoms with Crippen LogP contribution in [0, 0.1) is 9.39 Å². The third-order valence-corrected chi connectivity index (χ3v) is 4.79. The lowest BCUT2D eigenvalue weighted by Crippen LogP contribution is -2.38. The summed E-state index contributed by atoms with van der Waals surface area (Å²) in [5.74, 6) is 6.25. The Morgan fingerprint density at radius 1 is 1.10 bits per heavy atom. The second-order valence-electron chi connectivity index (χ2n) is 4.46. The lowest BCUT2D eigenvalue weighted by atomic mass is 10.1. The lowest BCUT2D eigenvalue weighted by molar-refractivity contribution is 0.575. The number of rotatable bonds is 6. The summed E-state index contributed by atoms with van der Waals surface area (Å²) in [5, 5.41) is 0. The Morgan fingerprint density at radius 3 is 2.35 bits per heavy atom. The second-order valence-corrected chi connectivity index (χ2v) is 6.80. The first-order valence-corrected chi connectivity index (χ1v) is 8.33. The van der Waals surface area contributed by atoms with Crippen molar-refractivity contribution in [2.45, 2.75) is 17.4 Å². The summed E-state index contributed by atoms with van der Waals surface area (Å²) >= 11 is 3.96. The molecule has 20 heavy (non-hydrogen) atoms. The SMILES string of the molecule is NNC(CSc1ccc(F)cc1)Cc1ccc(I)cc1. The van der Waals surface area contributed by atoms with E-state index in [-0.39, 0.29) is 11.9 Å². The predicted octanol–water partition coefficient (Wildman–Crippen LogP) is 3.60. The maximum Gasteiger partial charge on any atom is 0.123 e. The minimum absolute atomic E-state index is 0.185. The third-order valence-electron chi connectivity index (χ3n) is 2.90. The first-order valence-electron chi connectivity index (χ1n) is 6.26. The van der Waals surface area contributed by atoms with E-state index in [1.165, 1.54) is 21.3 Å². The van der Waals surface area contributed by atoms with E-state index in [0.717, 1.165) is 17.1 Å². The smallest absolute Gasteiger partial charge is 0.123 e. The van der Waals surface area contributed by atoms with Gasteiger partial charge in [0.1, 0.15) is 5.82 Å². The molecule has 0 amide bonds. The van der Waals surface area contributed by atoms with Gasteiger partial charge < -0.3 is 0 Å². The van der Waals surface area contributed by atoms with Crippen molar-refractivity contribution in [1.29, 1.82) is 0 Å². The van der Waals surface area contributed by atoms with Gasteiger partial charge in [0.25, 0.3) is 0 Å². The molecule has 0 aliphatic carbocycles. The van der Waals surface area contributed by atoms with Crippen molar-refractivity contribution in [3.05, 3.63) is 63.5 Å². The molecule has 0 aliphatic rings. The third kappa shape index (κ3) is 5.05. The van der Waals surface area contributed by atoms with Crippen LogP contribution in [0.4, 0.5) is 4.39 Å². The van der Waals surface area contributed by atoms with Crippen molar-refractivity contribution in [1.82, 2.24) is 5.43 Å². The van der Waals surface area contributed by atoms with Crippen LogP contribution in [-0.2, 0) is 6.42 Å². The van der Waals surface area contributed by atoms with Gasteiger partial charge in [-0.3, -0.25) is 11.3 Å². The molecule has 1 atom stereocenters. The fourth-order valence-corrected chi connectivity index (χ4v) is 3.09. The van der Waals surface area contributed by atoms with Gasteiger partial charge in [-0.05, 0) is 71.0 Å². The Labute approximate surface area is 136 Å². The van der Waals surface area contributed by atoms with E-state index in [4.69, 9.17) is 5.84 Å². The highest BCUT2D eigenvalue weighted by molar-refractivity contribution is 14.1. The fourth-order valence-electron chi connectivity index (χ4n) is 1.80. The maximum atomic E-state index is 12.8. The van der Waals surface area contributed by atoms with Gasteiger partial charge in [0.05, 0.1) is 0 Å². The Hall–Kier alpha value is -0.630. The Balaban J connectivity index is 1.88. The molecular weight excluding hydrogens is 386 g/mol. The van der Waals surface area contributed by atoms with Gasteiger partial charge in [-0.2, -0.15) is 0 Å². The average Bonchev–Trinajstić information content (AvgIpc) is 2.47. The molecule has 2 aromatic rings. The highest BCUT2D eigenvalue weighted by atomic mass is 127. The number of nitrogens with one attached hydrogen (secondary N) is 1. The highest BCUT2D eigenvalue weighted by Gasteiger charge is 2.08. The number of benzene rings is 2. The number of hydrogen-bond donors (Lipinski definition) is 2. The van der Waals surface area contributed by atoms with E-state index in [1.54, 1.807) is 23.9 Å². The van der Waals surface area contributed by atoms with Crippen LogP contribution < -0.4 is 11.3 Å². The van der Waals surface area contributed by atoms with Crippen LogP contribution in [0.25, 0.3) is 0 Å². The molecule has 5 heteroatoms. The molecule has 2 rings (SSSR count). The quantitative estimate of drug-likeness (QED) is 0.336. The fraction of sp³-hybridized carbons (Fsp3) is 0.200. The van der Waals surface area contributed by atoms with Crippen molar-refractivity contribution in [3.63, 3.8) is 0 Å². The standard InChI is InChI=1S/C15H16FIN2S/c16-12-3-7-15(8-4-12)20-10-14(19-18)9-11-1-5-13(17)6-2-11/h1-8,14,19H,9-10,18H2. The van der Waals surface area contributed by atoms with E-state index >= 15 is 0 Å². The summed E-state index contributed by atoms with van der Waals surface area (Å²) in [5.41, 5.74) is 4.11. The molecule has 0 aromatic heterocycles. The summed E-state index contributed by atoms with van der Waals surface area (Å²) in [7, 11) is 0. The molecule has 0 saturated carbocycles. The van der Waals surface area contributed by atoms with E-state index in [2.05, 4.69) is 52.3 Å².